The Labute approximate surface area is 178 Å². The lowest BCUT2D eigenvalue weighted by Crippen LogP contribution is -2.32. The van der Waals surface area contributed by atoms with Crippen LogP contribution in [0.3, 0.4) is 0 Å². The van der Waals surface area contributed by atoms with Crippen molar-refractivity contribution in [2.24, 2.45) is 0 Å². The Morgan fingerprint density at radius 3 is 2.52 bits per heavy atom. The summed E-state index contributed by atoms with van der Waals surface area (Å²) in [6, 6.07) is 14.8. The van der Waals surface area contributed by atoms with Gasteiger partial charge in [0.05, 0.1) is 5.69 Å². The van der Waals surface area contributed by atoms with Gasteiger partial charge in [0.25, 0.3) is 17.4 Å². The van der Waals surface area contributed by atoms with Gasteiger partial charge in [-0.2, -0.15) is 9.78 Å². The number of nitrogens with one attached hydrogen (secondary N) is 2. The zero-order chi connectivity index (χ0) is 22.4. The molecule has 160 valence electrons. The lowest BCUT2D eigenvalue weighted by atomic mass is 10.1. The highest BCUT2D eigenvalue weighted by atomic mass is 19.1. The third-order valence-corrected chi connectivity index (χ3v) is 4.74. The second-order valence-corrected chi connectivity index (χ2v) is 7.11. The normalized spacial score (nSPS) is 11.6. The number of amides is 2. The molecule has 0 radical (unpaired) electrons. The molecule has 0 aliphatic heterocycles. The molecule has 31 heavy (non-hydrogen) atoms. The van der Waals surface area contributed by atoms with Crippen molar-refractivity contribution >= 4 is 11.8 Å². The molecule has 3 rings (SSSR count). The number of hydrogen-bond donors (Lipinski definition) is 2. The number of hydrogen-bond acceptors (Lipinski definition) is 4. The summed E-state index contributed by atoms with van der Waals surface area (Å²) in [6.07, 6.45) is 0.828. The van der Waals surface area contributed by atoms with Gasteiger partial charge in [-0.3, -0.25) is 14.4 Å². The fourth-order valence-corrected chi connectivity index (χ4v) is 2.80. The van der Waals surface area contributed by atoms with Crippen LogP contribution in [-0.2, 0) is 6.54 Å². The van der Waals surface area contributed by atoms with Gasteiger partial charge in [-0.1, -0.05) is 19.1 Å². The molecule has 1 heterocycles. The van der Waals surface area contributed by atoms with Crippen molar-refractivity contribution in [1.29, 1.82) is 0 Å². The van der Waals surface area contributed by atoms with Crippen molar-refractivity contribution in [2.75, 3.05) is 0 Å². The van der Waals surface area contributed by atoms with E-state index in [-0.39, 0.29) is 24.2 Å². The Balaban J connectivity index is 1.71. The van der Waals surface area contributed by atoms with Gasteiger partial charge in [0.2, 0.25) is 0 Å². The summed E-state index contributed by atoms with van der Waals surface area (Å²) in [5.41, 5.74) is 1.20. The van der Waals surface area contributed by atoms with E-state index in [1.165, 1.54) is 36.4 Å². The molecule has 0 saturated carbocycles. The monoisotopic (exact) mass is 422 g/mol. The number of carbonyl (C=O) groups excluding carboxylic acids is 2. The Morgan fingerprint density at radius 2 is 1.81 bits per heavy atom. The fourth-order valence-electron chi connectivity index (χ4n) is 2.80. The first-order valence-electron chi connectivity index (χ1n) is 9.91. The Hall–Kier alpha value is -3.81. The number of benzene rings is 2. The minimum atomic E-state index is -0.481. The first-order valence-corrected chi connectivity index (χ1v) is 9.91. The molecular formula is C23H23FN4O3. The van der Waals surface area contributed by atoms with Gasteiger partial charge in [-0.25, -0.2) is 4.39 Å². The van der Waals surface area contributed by atoms with Crippen molar-refractivity contribution in [3.63, 3.8) is 0 Å². The second-order valence-electron chi connectivity index (χ2n) is 7.11. The predicted octanol–water partition coefficient (Wildman–Crippen LogP) is 2.83. The maximum absolute atomic E-state index is 13.1. The number of carbonyl (C=O) groups is 2. The molecule has 2 amide bonds. The highest BCUT2D eigenvalue weighted by Gasteiger charge is 2.12. The van der Waals surface area contributed by atoms with Gasteiger partial charge >= 0.3 is 0 Å². The van der Waals surface area contributed by atoms with Crippen LogP contribution in [0.1, 0.15) is 46.7 Å². The van der Waals surface area contributed by atoms with Crippen molar-refractivity contribution in [3.05, 3.63) is 93.7 Å². The van der Waals surface area contributed by atoms with Crippen molar-refractivity contribution in [1.82, 2.24) is 20.4 Å². The maximum Gasteiger partial charge on any atom is 0.272 e. The highest BCUT2D eigenvalue weighted by molar-refractivity contribution is 5.94. The summed E-state index contributed by atoms with van der Waals surface area (Å²) < 4.78 is 14.2. The number of nitrogens with zero attached hydrogens (tertiary/aromatic N) is 2. The standard InChI is InChI=1S/C23H23FN4O3/c1-3-15(2)26-22(30)17-6-4-5-16(13-17)14-25-23(31)20-11-12-21(29)28(27-20)19-9-7-18(24)8-10-19/h4-13,15H,3,14H2,1-2H3,(H,25,31)(H,26,30). The number of rotatable bonds is 7. The molecule has 8 heteroatoms. The lowest BCUT2D eigenvalue weighted by Gasteiger charge is -2.12. The molecule has 1 aromatic heterocycles. The third kappa shape index (κ3) is 5.63. The van der Waals surface area contributed by atoms with Crippen LogP contribution in [0, 0.1) is 5.82 Å². The fraction of sp³-hybridized carbons (Fsp3) is 0.217. The molecule has 0 bridgehead atoms. The van der Waals surface area contributed by atoms with Crippen LogP contribution in [0.5, 0.6) is 0 Å². The smallest absolute Gasteiger partial charge is 0.272 e. The van der Waals surface area contributed by atoms with Crippen LogP contribution in [0.15, 0.2) is 65.5 Å². The molecule has 1 atom stereocenters. The summed E-state index contributed by atoms with van der Waals surface area (Å²) >= 11 is 0. The highest BCUT2D eigenvalue weighted by Crippen LogP contribution is 2.08. The van der Waals surface area contributed by atoms with Gasteiger partial charge in [-0.15, -0.1) is 0 Å². The summed E-state index contributed by atoms with van der Waals surface area (Å²) in [5.74, 6) is -1.09. The summed E-state index contributed by atoms with van der Waals surface area (Å²) in [5, 5.41) is 9.71. The van der Waals surface area contributed by atoms with Crippen LogP contribution >= 0.6 is 0 Å². The topological polar surface area (TPSA) is 93.1 Å². The second kappa shape index (κ2) is 9.80. The Kier molecular flexibility index (Phi) is 6.92. The molecular weight excluding hydrogens is 399 g/mol. The quantitative estimate of drug-likeness (QED) is 0.612. The summed E-state index contributed by atoms with van der Waals surface area (Å²) in [4.78, 5) is 36.9. The van der Waals surface area contributed by atoms with Crippen molar-refractivity contribution < 1.29 is 14.0 Å². The van der Waals surface area contributed by atoms with Crippen molar-refractivity contribution in [2.45, 2.75) is 32.9 Å². The minimum Gasteiger partial charge on any atom is -0.350 e. The maximum atomic E-state index is 13.1. The summed E-state index contributed by atoms with van der Waals surface area (Å²) in [7, 11) is 0. The Bertz CT molecular complexity index is 1140. The van der Waals surface area contributed by atoms with Gasteiger partial charge < -0.3 is 10.6 Å². The minimum absolute atomic E-state index is 0.0367. The van der Waals surface area contributed by atoms with Crippen LogP contribution in [-0.4, -0.2) is 27.6 Å². The summed E-state index contributed by atoms with van der Waals surface area (Å²) in [6.45, 7) is 4.10. The lowest BCUT2D eigenvalue weighted by molar-refractivity contribution is 0.0935. The van der Waals surface area contributed by atoms with Gasteiger partial charge in [-0.05, 0) is 61.4 Å². The first kappa shape index (κ1) is 21.9. The average molecular weight is 422 g/mol. The predicted molar refractivity (Wildman–Crippen MR) is 115 cm³/mol. The van der Waals surface area contributed by atoms with E-state index < -0.39 is 17.3 Å². The Morgan fingerprint density at radius 1 is 1.06 bits per heavy atom. The zero-order valence-electron chi connectivity index (χ0n) is 17.3. The van der Waals surface area contributed by atoms with Crippen LogP contribution in [0.2, 0.25) is 0 Å². The van der Waals surface area contributed by atoms with E-state index in [2.05, 4.69) is 15.7 Å². The molecule has 0 spiro atoms. The van der Waals surface area contributed by atoms with E-state index in [1.807, 2.05) is 13.8 Å². The molecule has 0 fully saturated rings. The SMILES string of the molecule is CCC(C)NC(=O)c1cccc(CNC(=O)c2ccc(=O)n(-c3ccc(F)cc3)n2)c1. The van der Waals surface area contributed by atoms with Crippen LogP contribution < -0.4 is 16.2 Å². The largest absolute Gasteiger partial charge is 0.350 e. The molecule has 3 aromatic rings. The van der Waals surface area contributed by atoms with Crippen LogP contribution in [0.25, 0.3) is 5.69 Å². The number of halogens is 1. The number of aromatic nitrogens is 2. The van der Waals surface area contributed by atoms with E-state index >= 15 is 0 Å². The molecule has 2 aromatic carbocycles. The first-order chi connectivity index (χ1) is 14.9. The van der Waals surface area contributed by atoms with Gasteiger partial charge in [0.1, 0.15) is 11.5 Å². The molecule has 7 nitrogen and oxygen atoms in total. The third-order valence-electron chi connectivity index (χ3n) is 4.74. The zero-order valence-corrected chi connectivity index (χ0v) is 17.3. The molecule has 0 aliphatic carbocycles. The molecule has 0 aliphatic rings. The average Bonchev–Trinajstić information content (AvgIpc) is 2.78. The van der Waals surface area contributed by atoms with Gasteiger partial charge in [0.15, 0.2) is 0 Å². The molecule has 2 N–H and O–H groups in total. The molecule has 1 unspecified atom stereocenters. The van der Waals surface area contributed by atoms with E-state index in [4.69, 9.17) is 0 Å². The van der Waals surface area contributed by atoms with E-state index in [1.54, 1.807) is 24.3 Å². The van der Waals surface area contributed by atoms with E-state index in [0.717, 1.165) is 16.7 Å². The molecule has 0 saturated heterocycles. The van der Waals surface area contributed by atoms with Crippen LogP contribution in [0.4, 0.5) is 4.39 Å². The van der Waals surface area contributed by atoms with E-state index in [9.17, 15) is 18.8 Å². The van der Waals surface area contributed by atoms with Gasteiger partial charge in [0, 0.05) is 24.2 Å². The van der Waals surface area contributed by atoms with E-state index in [0.29, 0.717) is 11.3 Å². The van der Waals surface area contributed by atoms with Crippen molar-refractivity contribution in [3.8, 4) is 5.69 Å².